The topological polar surface area (TPSA) is 86.2 Å². The van der Waals surface area contributed by atoms with Crippen LogP contribution in [-0.2, 0) is 4.79 Å². The summed E-state index contributed by atoms with van der Waals surface area (Å²) in [6.45, 7) is 8.58. The Balaban J connectivity index is 1.60. The Morgan fingerprint density at radius 3 is 2.46 bits per heavy atom. The number of aryl methyl sites for hydroxylation is 1. The lowest BCUT2D eigenvalue weighted by Crippen LogP contribution is -2.24. The van der Waals surface area contributed by atoms with E-state index in [1.165, 1.54) is 6.21 Å². The number of hydrogen-bond donors (Lipinski definition) is 1. The molecule has 37 heavy (non-hydrogen) atoms. The SMILES string of the molecule is CCCOc1ccc(C(=O)Oc2ccc(Br)cc2/C=N/NC(=O)COc2cc(C(C)C)ccc2C)cc1. The van der Waals surface area contributed by atoms with E-state index in [1.54, 1.807) is 42.5 Å². The molecule has 0 aliphatic heterocycles. The quantitative estimate of drug-likeness (QED) is 0.125. The lowest BCUT2D eigenvalue weighted by Gasteiger charge is -2.12. The number of hydrogen-bond acceptors (Lipinski definition) is 6. The maximum Gasteiger partial charge on any atom is 0.343 e. The van der Waals surface area contributed by atoms with E-state index >= 15 is 0 Å². The van der Waals surface area contributed by atoms with E-state index in [-0.39, 0.29) is 6.61 Å². The summed E-state index contributed by atoms with van der Waals surface area (Å²) in [6, 6.07) is 17.9. The molecule has 0 aliphatic rings. The highest BCUT2D eigenvalue weighted by Gasteiger charge is 2.12. The minimum Gasteiger partial charge on any atom is -0.494 e. The molecule has 0 aliphatic carbocycles. The molecule has 8 heteroatoms. The molecule has 7 nitrogen and oxygen atoms in total. The third-order valence-electron chi connectivity index (χ3n) is 5.37. The minimum atomic E-state index is -0.518. The Bertz CT molecular complexity index is 1260. The van der Waals surface area contributed by atoms with E-state index in [0.29, 0.717) is 40.9 Å². The normalized spacial score (nSPS) is 11.0. The van der Waals surface area contributed by atoms with Crippen LogP contribution in [0.15, 0.2) is 70.2 Å². The molecule has 0 saturated carbocycles. The van der Waals surface area contributed by atoms with Crippen molar-refractivity contribution in [3.05, 3.63) is 87.4 Å². The standard InChI is InChI=1S/C29H31BrN2O5/c1-5-14-35-25-11-8-21(9-12-25)29(34)37-26-13-10-24(30)15-23(26)17-31-32-28(33)18-36-27-16-22(19(2)3)7-6-20(27)4/h6-13,15-17,19H,5,14,18H2,1-4H3,(H,32,33)/b31-17+. The Morgan fingerprint density at radius 2 is 1.76 bits per heavy atom. The van der Waals surface area contributed by atoms with E-state index in [9.17, 15) is 9.59 Å². The maximum absolute atomic E-state index is 12.7. The lowest BCUT2D eigenvalue weighted by molar-refractivity contribution is -0.123. The van der Waals surface area contributed by atoms with Gasteiger partial charge in [0.25, 0.3) is 5.91 Å². The summed E-state index contributed by atoms with van der Waals surface area (Å²) in [5.74, 6) is 1.08. The number of esters is 1. The predicted octanol–water partition coefficient (Wildman–Crippen LogP) is 6.42. The highest BCUT2D eigenvalue weighted by molar-refractivity contribution is 9.10. The van der Waals surface area contributed by atoms with Gasteiger partial charge in [-0.15, -0.1) is 0 Å². The zero-order chi connectivity index (χ0) is 26.8. The van der Waals surface area contributed by atoms with Crippen molar-refractivity contribution in [2.45, 2.75) is 40.0 Å². The average molecular weight is 567 g/mol. The van der Waals surface area contributed by atoms with Gasteiger partial charge in [-0.1, -0.05) is 48.8 Å². The largest absolute Gasteiger partial charge is 0.494 e. The first-order chi connectivity index (χ1) is 17.8. The van der Waals surface area contributed by atoms with Gasteiger partial charge in [-0.25, -0.2) is 10.2 Å². The van der Waals surface area contributed by atoms with Crippen molar-refractivity contribution in [2.75, 3.05) is 13.2 Å². The molecule has 0 fully saturated rings. The van der Waals surface area contributed by atoms with Crippen LogP contribution in [0.25, 0.3) is 0 Å². The summed E-state index contributed by atoms with van der Waals surface area (Å²) in [5, 5.41) is 4.01. The second-order valence-electron chi connectivity index (χ2n) is 8.71. The molecular weight excluding hydrogens is 536 g/mol. The molecule has 0 unspecified atom stereocenters. The van der Waals surface area contributed by atoms with Crippen LogP contribution in [0.5, 0.6) is 17.2 Å². The van der Waals surface area contributed by atoms with Crippen molar-refractivity contribution in [2.24, 2.45) is 5.10 Å². The van der Waals surface area contributed by atoms with Crippen molar-refractivity contribution in [3.63, 3.8) is 0 Å². The fourth-order valence-corrected chi connectivity index (χ4v) is 3.64. The molecule has 1 amide bonds. The molecular formula is C29H31BrN2O5. The molecule has 0 spiro atoms. The molecule has 3 aromatic rings. The number of rotatable bonds is 11. The van der Waals surface area contributed by atoms with Gasteiger partial charge in [0.2, 0.25) is 0 Å². The lowest BCUT2D eigenvalue weighted by atomic mass is 10.0. The number of carbonyl (C=O) groups excluding carboxylic acids is 2. The Labute approximate surface area is 226 Å². The Hall–Kier alpha value is -3.65. The monoisotopic (exact) mass is 566 g/mol. The first kappa shape index (κ1) is 27.9. The van der Waals surface area contributed by atoms with E-state index in [1.807, 2.05) is 26.0 Å². The van der Waals surface area contributed by atoms with Gasteiger partial charge in [-0.2, -0.15) is 5.10 Å². The van der Waals surface area contributed by atoms with Crippen LogP contribution in [0, 0.1) is 6.92 Å². The summed E-state index contributed by atoms with van der Waals surface area (Å²) >= 11 is 3.41. The zero-order valence-electron chi connectivity index (χ0n) is 21.4. The first-order valence-electron chi connectivity index (χ1n) is 12.1. The number of carbonyl (C=O) groups is 2. The molecule has 0 atom stereocenters. The van der Waals surface area contributed by atoms with Crippen LogP contribution < -0.4 is 19.6 Å². The van der Waals surface area contributed by atoms with Crippen molar-refractivity contribution in [1.82, 2.24) is 5.43 Å². The van der Waals surface area contributed by atoms with Crippen molar-refractivity contribution < 1.29 is 23.8 Å². The van der Waals surface area contributed by atoms with Crippen LogP contribution in [-0.4, -0.2) is 31.3 Å². The van der Waals surface area contributed by atoms with Crippen molar-refractivity contribution >= 4 is 34.0 Å². The van der Waals surface area contributed by atoms with Gasteiger partial charge in [0, 0.05) is 10.0 Å². The van der Waals surface area contributed by atoms with Crippen LogP contribution >= 0.6 is 15.9 Å². The average Bonchev–Trinajstić information content (AvgIpc) is 2.88. The third kappa shape index (κ3) is 8.46. The van der Waals surface area contributed by atoms with Gasteiger partial charge in [-0.3, -0.25) is 4.79 Å². The van der Waals surface area contributed by atoms with Crippen LogP contribution in [0.4, 0.5) is 0 Å². The number of nitrogens with zero attached hydrogens (tertiary/aromatic N) is 1. The smallest absolute Gasteiger partial charge is 0.343 e. The maximum atomic E-state index is 12.7. The molecule has 3 aromatic carbocycles. The third-order valence-corrected chi connectivity index (χ3v) is 5.86. The highest BCUT2D eigenvalue weighted by Crippen LogP contribution is 2.25. The molecule has 0 aromatic heterocycles. The summed E-state index contributed by atoms with van der Waals surface area (Å²) in [6.07, 6.45) is 2.31. The number of benzene rings is 3. The van der Waals surface area contributed by atoms with Gasteiger partial charge in [0.05, 0.1) is 18.4 Å². The van der Waals surface area contributed by atoms with Crippen LogP contribution in [0.2, 0.25) is 0 Å². The number of amides is 1. The number of halogens is 1. The first-order valence-corrected chi connectivity index (χ1v) is 12.9. The molecule has 3 rings (SSSR count). The summed E-state index contributed by atoms with van der Waals surface area (Å²) in [5.41, 5.74) is 5.43. The predicted molar refractivity (Wildman–Crippen MR) is 148 cm³/mol. The summed E-state index contributed by atoms with van der Waals surface area (Å²) in [7, 11) is 0. The number of ether oxygens (including phenoxy) is 3. The van der Waals surface area contributed by atoms with Gasteiger partial charge in [0.1, 0.15) is 17.2 Å². The van der Waals surface area contributed by atoms with E-state index < -0.39 is 11.9 Å². The minimum absolute atomic E-state index is 0.183. The molecule has 194 valence electrons. The Morgan fingerprint density at radius 1 is 1.00 bits per heavy atom. The molecule has 0 saturated heterocycles. The highest BCUT2D eigenvalue weighted by atomic mass is 79.9. The van der Waals surface area contributed by atoms with Crippen molar-refractivity contribution in [3.8, 4) is 17.2 Å². The van der Waals surface area contributed by atoms with E-state index in [0.717, 1.165) is 22.0 Å². The number of hydrazone groups is 1. The van der Waals surface area contributed by atoms with Gasteiger partial charge >= 0.3 is 5.97 Å². The second kappa shape index (κ2) is 13.6. The molecule has 0 radical (unpaired) electrons. The van der Waals surface area contributed by atoms with Gasteiger partial charge in [-0.05, 0) is 78.9 Å². The van der Waals surface area contributed by atoms with Gasteiger partial charge < -0.3 is 14.2 Å². The van der Waals surface area contributed by atoms with Crippen LogP contribution in [0.1, 0.15) is 60.2 Å². The van der Waals surface area contributed by atoms with Crippen molar-refractivity contribution in [1.29, 1.82) is 0 Å². The molecule has 0 bridgehead atoms. The second-order valence-corrected chi connectivity index (χ2v) is 9.62. The fraction of sp³-hybridized carbons (Fsp3) is 0.276. The summed E-state index contributed by atoms with van der Waals surface area (Å²) < 4.78 is 17.6. The van der Waals surface area contributed by atoms with E-state index in [4.69, 9.17) is 14.2 Å². The fourth-order valence-electron chi connectivity index (χ4n) is 3.26. The van der Waals surface area contributed by atoms with E-state index in [2.05, 4.69) is 46.4 Å². The summed E-state index contributed by atoms with van der Waals surface area (Å²) in [4.78, 5) is 25.0. The Kier molecular flexibility index (Phi) is 10.3. The molecule has 1 N–H and O–H groups in total. The molecule has 0 heterocycles. The van der Waals surface area contributed by atoms with Crippen LogP contribution in [0.3, 0.4) is 0 Å². The number of nitrogens with one attached hydrogen (secondary N) is 1. The zero-order valence-corrected chi connectivity index (χ0v) is 23.0. The van der Waals surface area contributed by atoms with Gasteiger partial charge in [0.15, 0.2) is 6.61 Å².